The quantitative estimate of drug-likeness (QED) is 0.623. The summed E-state index contributed by atoms with van der Waals surface area (Å²) in [5, 5.41) is 0. The van der Waals surface area contributed by atoms with Gasteiger partial charge in [-0.05, 0) is 13.8 Å². The van der Waals surface area contributed by atoms with Crippen molar-refractivity contribution in [3.8, 4) is 0 Å². The molecule has 0 bridgehead atoms. The lowest BCUT2D eigenvalue weighted by Crippen LogP contribution is -2.17. The van der Waals surface area contributed by atoms with Crippen LogP contribution in [-0.2, 0) is 18.3 Å². The molecule has 0 aromatic rings. The maximum absolute atomic E-state index is 12.1. The van der Waals surface area contributed by atoms with Crippen LogP contribution in [0, 0.1) is 0 Å². The molecular weight excluding hydrogens is 203 g/mol. The Morgan fingerprint density at radius 3 is 2.21 bits per heavy atom. The van der Waals surface area contributed by atoms with E-state index in [1.54, 1.807) is 14.0 Å². The monoisotopic (exact) mass is 224 g/mol. The summed E-state index contributed by atoms with van der Waals surface area (Å²) in [5.74, 6) is 0. The van der Waals surface area contributed by atoms with E-state index in [1.165, 1.54) is 0 Å². The van der Waals surface area contributed by atoms with Crippen LogP contribution >= 0.6 is 7.60 Å². The van der Waals surface area contributed by atoms with Crippen LogP contribution in [-0.4, -0.2) is 32.1 Å². The lowest BCUT2D eigenvalue weighted by molar-refractivity contribution is 0.0748. The predicted octanol–water partition coefficient (Wildman–Crippen LogP) is 2.68. The third-order valence-corrected chi connectivity index (χ3v) is 4.21. The average molecular weight is 224 g/mol. The zero-order valence-electron chi connectivity index (χ0n) is 9.65. The fourth-order valence-corrected chi connectivity index (χ4v) is 2.52. The molecule has 0 aliphatic carbocycles. The van der Waals surface area contributed by atoms with E-state index >= 15 is 0 Å². The van der Waals surface area contributed by atoms with Crippen LogP contribution < -0.4 is 0 Å². The second kappa shape index (κ2) is 6.57. The van der Waals surface area contributed by atoms with Gasteiger partial charge in [0.25, 0.3) is 0 Å². The molecule has 0 aromatic carbocycles. The Bertz CT molecular complexity index is 193. The lowest BCUT2D eigenvalue weighted by atomic mass is 10.5. The second-order valence-corrected chi connectivity index (χ2v) is 6.00. The molecule has 86 valence electrons. The molecule has 2 unspecified atom stereocenters. The summed E-state index contributed by atoms with van der Waals surface area (Å²) < 4.78 is 27.6. The van der Waals surface area contributed by atoms with Crippen LogP contribution in [0.1, 0.15) is 27.7 Å². The number of hydrogen-bond donors (Lipinski definition) is 0. The van der Waals surface area contributed by atoms with Crippen LogP contribution in [0.15, 0.2) is 0 Å². The molecule has 0 radical (unpaired) electrons. The van der Waals surface area contributed by atoms with Gasteiger partial charge in [-0.3, -0.25) is 4.57 Å². The van der Waals surface area contributed by atoms with Crippen molar-refractivity contribution in [2.75, 3.05) is 20.3 Å². The van der Waals surface area contributed by atoms with Crippen LogP contribution in [0.2, 0.25) is 0 Å². The minimum Gasteiger partial charge on any atom is -0.382 e. The summed E-state index contributed by atoms with van der Waals surface area (Å²) in [4.78, 5) is 0. The van der Waals surface area contributed by atoms with Gasteiger partial charge in [0, 0.05) is 7.11 Å². The fourth-order valence-electron chi connectivity index (χ4n) is 0.997. The van der Waals surface area contributed by atoms with E-state index < -0.39 is 7.60 Å². The Kier molecular flexibility index (Phi) is 6.62. The first-order valence-corrected chi connectivity index (χ1v) is 6.49. The largest absolute Gasteiger partial charge is 0.382 e. The molecule has 0 fully saturated rings. The molecule has 14 heavy (non-hydrogen) atoms. The normalized spacial score (nSPS) is 18.1. The summed E-state index contributed by atoms with van der Waals surface area (Å²) in [7, 11) is -1.37. The third kappa shape index (κ3) is 4.56. The highest BCUT2D eigenvalue weighted by atomic mass is 31.2. The van der Waals surface area contributed by atoms with Gasteiger partial charge < -0.3 is 13.8 Å². The standard InChI is InChI=1S/C9H21O4P/c1-6-12-14(10,8(2)3)13-9(4)7-11-5/h8-9H,6-7H2,1-5H3. The van der Waals surface area contributed by atoms with E-state index in [4.69, 9.17) is 13.8 Å². The highest BCUT2D eigenvalue weighted by molar-refractivity contribution is 7.54. The maximum atomic E-state index is 12.1. The van der Waals surface area contributed by atoms with Crippen LogP contribution in [0.4, 0.5) is 0 Å². The number of methoxy groups -OCH3 is 1. The van der Waals surface area contributed by atoms with Crippen LogP contribution in [0.25, 0.3) is 0 Å². The van der Waals surface area contributed by atoms with E-state index in [9.17, 15) is 4.57 Å². The van der Waals surface area contributed by atoms with Gasteiger partial charge in [0.2, 0.25) is 0 Å². The van der Waals surface area contributed by atoms with Crippen molar-refractivity contribution in [1.82, 2.24) is 0 Å². The Hall–Kier alpha value is 0.110. The molecule has 0 saturated heterocycles. The van der Waals surface area contributed by atoms with Crippen molar-refractivity contribution >= 4 is 7.60 Å². The Balaban J connectivity index is 4.29. The van der Waals surface area contributed by atoms with E-state index in [0.29, 0.717) is 13.2 Å². The number of hydrogen-bond acceptors (Lipinski definition) is 4. The van der Waals surface area contributed by atoms with E-state index in [2.05, 4.69) is 0 Å². The summed E-state index contributed by atoms with van der Waals surface area (Å²) in [6, 6.07) is 0. The van der Waals surface area contributed by atoms with Gasteiger partial charge in [-0.25, -0.2) is 0 Å². The average Bonchev–Trinajstić information content (AvgIpc) is 2.04. The van der Waals surface area contributed by atoms with Gasteiger partial charge in [0.15, 0.2) is 0 Å². The Morgan fingerprint density at radius 1 is 1.29 bits per heavy atom. The molecule has 5 heteroatoms. The molecular formula is C9H21O4P. The first-order chi connectivity index (χ1) is 6.46. The zero-order chi connectivity index (χ0) is 11.2. The minimum absolute atomic E-state index is 0.123. The molecule has 0 amide bonds. The lowest BCUT2D eigenvalue weighted by Gasteiger charge is -2.24. The predicted molar refractivity (Wildman–Crippen MR) is 56.8 cm³/mol. The zero-order valence-corrected chi connectivity index (χ0v) is 10.5. The first kappa shape index (κ1) is 14.1. The summed E-state index contributed by atoms with van der Waals surface area (Å²) in [6.45, 7) is 8.10. The molecule has 0 N–H and O–H groups in total. The Morgan fingerprint density at radius 2 is 1.86 bits per heavy atom. The van der Waals surface area contributed by atoms with Gasteiger partial charge in [0.1, 0.15) is 0 Å². The SMILES string of the molecule is CCOP(=O)(OC(C)COC)C(C)C. The van der Waals surface area contributed by atoms with E-state index in [1.807, 2.05) is 20.8 Å². The topological polar surface area (TPSA) is 44.8 Å². The molecule has 4 nitrogen and oxygen atoms in total. The number of ether oxygens (including phenoxy) is 1. The van der Waals surface area contributed by atoms with Gasteiger partial charge >= 0.3 is 7.60 Å². The van der Waals surface area contributed by atoms with E-state index in [0.717, 1.165) is 0 Å². The molecule has 0 aromatic heterocycles. The third-order valence-electron chi connectivity index (χ3n) is 1.67. The first-order valence-electron chi connectivity index (χ1n) is 4.87. The van der Waals surface area contributed by atoms with Gasteiger partial charge in [-0.1, -0.05) is 13.8 Å². The minimum atomic E-state index is -2.96. The maximum Gasteiger partial charge on any atom is 0.333 e. The van der Waals surface area contributed by atoms with Crippen molar-refractivity contribution in [1.29, 1.82) is 0 Å². The number of rotatable bonds is 7. The molecule has 0 spiro atoms. The van der Waals surface area contributed by atoms with Gasteiger partial charge in [-0.15, -0.1) is 0 Å². The van der Waals surface area contributed by atoms with E-state index in [-0.39, 0.29) is 11.8 Å². The summed E-state index contributed by atoms with van der Waals surface area (Å²) in [5.41, 5.74) is -0.123. The van der Waals surface area contributed by atoms with Crippen molar-refractivity contribution in [3.63, 3.8) is 0 Å². The van der Waals surface area contributed by atoms with Crippen molar-refractivity contribution in [3.05, 3.63) is 0 Å². The molecule has 0 aliphatic heterocycles. The highest BCUT2D eigenvalue weighted by Crippen LogP contribution is 2.53. The fraction of sp³-hybridized carbons (Fsp3) is 1.00. The van der Waals surface area contributed by atoms with Gasteiger partial charge in [0.05, 0.1) is 25.0 Å². The highest BCUT2D eigenvalue weighted by Gasteiger charge is 2.30. The van der Waals surface area contributed by atoms with Gasteiger partial charge in [-0.2, -0.15) is 0 Å². The Labute approximate surface area is 86.5 Å². The molecule has 2 atom stereocenters. The molecule has 0 heterocycles. The van der Waals surface area contributed by atoms with Crippen molar-refractivity contribution in [2.45, 2.75) is 39.5 Å². The molecule has 0 rings (SSSR count). The summed E-state index contributed by atoms with van der Waals surface area (Å²) in [6.07, 6.45) is -0.209. The summed E-state index contributed by atoms with van der Waals surface area (Å²) >= 11 is 0. The van der Waals surface area contributed by atoms with Crippen LogP contribution in [0.3, 0.4) is 0 Å². The van der Waals surface area contributed by atoms with Crippen molar-refractivity contribution in [2.24, 2.45) is 0 Å². The second-order valence-electron chi connectivity index (χ2n) is 3.42. The molecule has 0 aliphatic rings. The van der Waals surface area contributed by atoms with Crippen LogP contribution in [0.5, 0.6) is 0 Å². The van der Waals surface area contributed by atoms with Crippen molar-refractivity contribution < 1.29 is 18.3 Å². The smallest absolute Gasteiger partial charge is 0.333 e. The molecule has 0 saturated carbocycles.